The van der Waals surface area contributed by atoms with Crippen molar-refractivity contribution < 1.29 is 9.90 Å². The molecule has 9 nitrogen and oxygen atoms in total. The van der Waals surface area contributed by atoms with Crippen molar-refractivity contribution in [3.63, 3.8) is 0 Å². The fourth-order valence-corrected chi connectivity index (χ4v) is 2.39. The van der Waals surface area contributed by atoms with Crippen LogP contribution >= 0.6 is 0 Å². The Morgan fingerprint density at radius 1 is 1.32 bits per heavy atom. The first-order chi connectivity index (χ1) is 12.1. The minimum absolute atomic E-state index is 0.0703. The van der Waals surface area contributed by atoms with Crippen molar-refractivity contribution in [3.05, 3.63) is 42.2 Å². The first-order valence-corrected chi connectivity index (χ1v) is 7.65. The van der Waals surface area contributed by atoms with E-state index < -0.39 is 5.91 Å². The predicted molar refractivity (Wildman–Crippen MR) is 89.0 cm³/mol. The summed E-state index contributed by atoms with van der Waals surface area (Å²) in [5.74, 6) is 0.819. The lowest BCUT2D eigenvalue weighted by atomic mass is 10.2. The van der Waals surface area contributed by atoms with E-state index in [9.17, 15) is 9.90 Å². The topological polar surface area (TPSA) is 133 Å². The summed E-state index contributed by atoms with van der Waals surface area (Å²) >= 11 is 0. The van der Waals surface area contributed by atoms with Crippen LogP contribution in [-0.4, -0.2) is 47.3 Å². The number of carbonyl (C=O) groups is 1. The van der Waals surface area contributed by atoms with Crippen molar-refractivity contribution in [2.75, 3.05) is 6.61 Å². The van der Waals surface area contributed by atoms with Crippen LogP contribution in [-0.2, 0) is 17.8 Å². The molecule has 0 atom stereocenters. The largest absolute Gasteiger partial charge is 0.394 e. The van der Waals surface area contributed by atoms with Crippen LogP contribution in [0.5, 0.6) is 0 Å². The summed E-state index contributed by atoms with van der Waals surface area (Å²) < 4.78 is 1.52. The molecule has 0 aliphatic heterocycles. The summed E-state index contributed by atoms with van der Waals surface area (Å²) in [6, 6.07) is 3.69. The summed E-state index contributed by atoms with van der Waals surface area (Å²) in [6.07, 6.45) is 4.95. The van der Waals surface area contributed by atoms with Gasteiger partial charge in [-0.3, -0.25) is 9.78 Å². The standard InChI is InChI=1S/C16H17N7O2/c1-10-12(9-19-15(20-10)11-3-2-4-18-8-11)16-21-14(7-13(17)25)22-23(16)5-6-24/h2-4,8-9,24H,5-7H2,1H3,(H2,17,25). The fraction of sp³-hybridized carbons (Fsp3) is 0.250. The molecule has 1 amide bonds. The van der Waals surface area contributed by atoms with Gasteiger partial charge in [-0.05, 0) is 19.1 Å². The number of rotatable bonds is 6. The van der Waals surface area contributed by atoms with E-state index in [-0.39, 0.29) is 19.6 Å². The Labute approximate surface area is 143 Å². The van der Waals surface area contributed by atoms with Gasteiger partial charge in [0, 0.05) is 24.2 Å². The Bertz CT molecular complexity index is 893. The van der Waals surface area contributed by atoms with Gasteiger partial charge < -0.3 is 10.8 Å². The molecule has 128 valence electrons. The second-order valence-electron chi connectivity index (χ2n) is 5.38. The molecule has 3 aromatic heterocycles. The van der Waals surface area contributed by atoms with Crippen molar-refractivity contribution in [3.8, 4) is 22.8 Å². The first-order valence-electron chi connectivity index (χ1n) is 7.65. The summed E-state index contributed by atoms with van der Waals surface area (Å²) in [5.41, 5.74) is 7.38. The maximum atomic E-state index is 11.1. The molecule has 0 aliphatic carbocycles. The van der Waals surface area contributed by atoms with Crippen molar-refractivity contribution in [1.29, 1.82) is 0 Å². The number of aliphatic hydroxyl groups is 1. The molecule has 0 saturated heterocycles. The molecule has 0 bridgehead atoms. The summed E-state index contributed by atoms with van der Waals surface area (Å²) in [4.78, 5) is 28.4. The molecular weight excluding hydrogens is 322 g/mol. The number of pyridine rings is 1. The van der Waals surface area contributed by atoms with E-state index in [1.807, 2.05) is 19.1 Å². The van der Waals surface area contributed by atoms with E-state index in [1.165, 1.54) is 4.68 Å². The van der Waals surface area contributed by atoms with E-state index in [0.717, 1.165) is 5.56 Å². The van der Waals surface area contributed by atoms with Crippen LogP contribution in [0.25, 0.3) is 22.8 Å². The van der Waals surface area contributed by atoms with Crippen LogP contribution < -0.4 is 5.73 Å². The van der Waals surface area contributed by atoms with Gasteiger partial charge in [0.05, 0.1) is 30.8 Å². The number of hydrogen-bond donors (Lipinski definition) is 2. The number of aryl methyl sites for hydroxylation is 1. The smallest absolute Gasteiger partial charge is 0.225 e. The van der Waals surface area contributed by atoms with Gasteiger partial charge in [0.1, 0.15) is 0 Å². The van der Waals surface area contributed by atoms with Gasteiger partial charge in [-0.25, -0.2) is 19.6 Å². The number of aromatic nitrogens is 6. The highest BCUT2D eigenvalue weighted by Crippen LogP contribution is 2.22. The van der Waals surface area contributed by atoms with Gasteiger partial charge in [0.25, 0.3) is 0 Å². The molecular formula is C16H17N7O2. The van der Waals surface area contributed by atoms with E-state index >= 15 is 0 Å². The number of carbonyl (C=O) groups excluding carboxylic acids is 1. The maximum absolute atomic E-state index is 11.1. The minimum atomic E-state index is -0.521. The summed E-state index contributed by atoms with van der Waals surface area (Å²) in [7, 11) is 0. The lowest BCUT2D eigenvalue weighted by Gasteiger charge is -2.07. The normalized spacial score (nSPS) is 10.8. The molecule has 0 unspecified atom stereocenters. The van der Waals surface area contributed by atoms with E-state index in [1.54, 1.807) is 18.6 Å². The zero-order valence-electron chi connectivity index (χ0n) is 13.6. The van der Waals surface area contributed by atoms with Crippen molar-refractivity contribution in [2.45, 2.75) is 19.9 Å². The van der Waals surface area contributed by atoms with Crippen LogP contribution in [0.2, 0.25) is 0 Å². The van der Waals surface area contributed by atoms with E-state index in [2.05, 4.69) is 25.0 Å². The zero-order valence-corrected chi connectivity index (χ0v) is 13.6. The first kappa shape index (κ1) is 16.7. The van der Waals surface area contributed by atoms with Crippen molar-refractivity contribution in [1.82, 2.24) is 29.7 Å². The second-order valence-corrected chi connectivity index (χ2v) is 5.38. The van der Waals surface area contributed by atoms with Gasteiger partial charge in [0.15, 0.2) is 17.5 Å². The molecule has 3 aromatic rings. The van der Waals surface area contributed by atoms with Crippen LogP contribution in [0.15, 0.2) is 30.7 Å². The highest BCUT2D eigenvalue weighted by Gasteiger charge is 2.17. The van der Waals surface area contributed by atoms with Crippen molar-refractivity contribution in [2.24, 2.45) is 5.73 Å². The van der Waals surface area contributed by atoms with Gasteiger partial charge in [-0.2, -0.15) is 5.10 Å². The Kier molecular flexibility index (Phi) is 4.75. The van der Waals surface area contributed by atoms with E-state index in [0.29, 0.717) is 28.7 Å². The molecule has 0 saturated carbocycles. The third-order valence-electron chi connectivity index (χ3n) is 3.50. The quantitative estimate of drug-likeness (QED) is 0.652. The lowest BCUT2D eigenvalue weighted by Crippen LogP contribution is -2.15. The number of hydrogen-bond acceptors (Lipinski definition) is 7. The lowest BCUT2D eigenvalue weighted by molar-refractivity contribution is -0.117. The molecule has 0 fully saturated rings. The van der Waals surface area contributed by atoms with Crippen LogP contribution in [0, 0.1) is 6.92 Å². The minimum Gasteiger partial charge on any atom is -0.394 e. The van der Waals surface area contributed by atoms with Gasteiger partial charge >= 0.3 is 0 Å². The molecule has 25 heavy (non-hydrogen) atoms. The van der Waals surface area contributed by atoms with Crippen molar-refractivity contribution >= 4 is 5.91 Å². The molecule has 3 heterocycles. The molecule has 0 aromatic carbocycles. The number of nitrogens with two attached hydrogens (primary N) is 1. The monoisotopic (exact) mass is 339 g/mol. The highest BCUT2D eigenvalue weighted by molar-refractivity contribution is 5.75. The van der Waals surface area contributed by atoms with Gasteiger partial charge in [-0.1, -0.05) is 0 Å². The number of nitrogens with zero attached hydrogens (tertiary/aromatic N) is 6. The Hall–Kier alpha value is -3.20. The Morgan fingerprint density at radius 3 is 2.80 bits per heavy atom. The van der Waals surface area contributed by atoms with Crippen LogP contribution in [0.1, 0.15) is 11.5 Å². The third kappa shape index (κ3) is 3.66. The number of amides is 1. The highest BCUT2D eigenvalue weighted by atomic mass is 16.3. The molecule has 3 rings (SSSR count). The molecule has 0 radical (unpaired) electrons. The van der Waals surface area contributed by atoms with Gasteiger partial charge in [-0.15, -0.1) is 0 Å². The Balaban J connectivity index is 2.01. The SMILES string of the molecule is Cc1nc(-c2cccnc2)ncc1-c1nc(CC(N)=O)nn1CCO. The molecule has 0 spiro atoms. The van der Waals surface area contributed by atoms with Crippen LogP contribution in [0.3, 0.4) is 0 Å². The average molecular weight is 339 g/mol. The number of primary amides is 1. The third-order valence-corrected chi connectivity index (χ3v) is 3.50. The fourth-order valence-electron chi connectivity index (χ4n) is 2.39. The molecule has 0 aliphatic rings. The number of aliphatic hydroxyl groups excluding tert-OH is 1. The zero-order chi connectivity index (χ0) is 17.8. The van der Waals surface area contributed by atoms with Gasteiger partial charge in [0.2, 0.25) is 5.91 Å². The van der Waals surface area contributed by atoms with Crippen LogP contribution in [0.4, 0.5) is 0 Å². The average Bonchev–Trinajstić information content (AvgIpc) is 2.97. The predicted octanol–water partition coefficient (Wildman–Crippen LogP) is 0.126. The van der Waals surface area contributed by atoms with E-state index in [4.69, 9.17) is 5.73 Å². The maximum Gasteiger partial charge on any atom is 0.225 e. The summed E-state index contributed by atoms with van der Waals surface area (Å²) in [6.45, 7) is 1.97. The molecule has 9 heteroatoms. The Morgan fingerprint density at radius 2 is 2.16 bits per heavy atom. The molecule has 3 N–H and O–H groups in total. The second kappa shape index (κ2) is 7.14. The summed E-state index contributed by atoms with van der Waals surface area (Å²) in [5, 5.41) is 13.4.